The first-order valence-electron chi connectivity index (χ1n) is 9.96. The van der Waals surface area contributed by atoms with E-state index in [1.54, 1.807) is 0 Å². The highest BCUT2D eigenvalue weighted by atomic mass is 32.1. The fourth-order valence-corrected chi connectivity index (χ4v) is 4.24. The molecule has 0 bridgehead atoms. The molecular formula is C21H15F5N4O5S. The van der Waals surface area contributed by atoms with Gasteiger partial charge >= 0.3 is 12.1 Å². The van der Waals surface area contributed by atoms with Crippen LogP contribution in [0.4, 0.5) is 27.1 Å². The lowest BCUT2D eigenvalue weighted by Gasteiger charge is -2.11. The zero-order chi connectivity index (χ0) is 26.5. The average Bonchev–Trinajstić information content (AvgIpc) is 3.38. The molecule has 36 heavy (non-hydrogen) atoms. The van der Waals surface area contributed by atoms with E-state index < -0.39 is 46.5 Å². The number of amides is 1. The van der Waals surface area contributed by atoms with Crippen LogP contribution in [-0.2, 0) is 25.3 Å². The van der Waals surface area contributed by atoms with E-state index in [0.29, 0.717) is 6.07 Å². The molecule has 0 saturated carbocycles. The van der Waals surface area contributed by atoms with E-state index in [1.807, 2.05) is 0 Å². The van der Waals surface area contributed by atoms with Crippen LogP contribution in [0.2, 0.25) is 0 Å². The molecule has 0 atom stereocenters. The van der Waals surface area contributed by atoms with Gasteiger partial charge in [-0.3, -0.25) is 18.7 Å². The molecule has 9 nitrogen and oxygen atoms in total. The highest BCUT2D eigenvalue weighted by Crippen LogP contribution is 2.34. The molecule has 0 aliphatic rings. The SMILES string of the molecule is Cc1oc2c(c1CC(=O)Nc1nc(-c3ccc(OC(F)(F)F)c(F)c3F)cs1)c(=O)n(C)c(=O)n2C. The van der Waals surface area contributed by atoms with E-state index in [9.17, 15) is 36.3 Å². The third kappa shape index (κ3) is 4.48. The highest BCUT2D eigenvalue weighted by Gasteiger charge is 2.33. The number of alkyl halides is 3. The number of carbonyl (C=O) groups is 1. The summed E-state index contributed by atoms with van der Waals surface area (Å²) in [6.07, 6.45) is -5.53. The number of nitrogens with zero attached hydrogens (tertiary/aromatic N) is 3. The third-order valence-electron chi connectivity index (χ3n) is 5.22. The third-order valence-corrected chi connectivity index (χ3v) is 5.98. The molecule has 0 aliphatic heterocycles. The Labute approximate surface area is 201 Å². The normalized spacial score (nSPS) is 11.8. The Kier molecular flexibility index (Phi) is 6.20. The summed E-state index contributed by atoms with van der Waals surface area (Å²) in [4.78, 5) is 41.3. The summed E-state index contributed by atoms with van der Waals surface area (Å²) in [5.74, 6) is -5.17. The van der Waals surface area contributed by atoms with E-state index >= 15 is 0 Å². The number of furan rings is 1. The number of nitrogens with one attached hydrogen (secondary N) is 1. The summed E-state index contributed by atoms with van der Waals surface area (Å²) in [6, 6.07) is 1.47. The van der Waals surface area contributed by atoms with Crippen LogP contribution in [0, 0.1) is 18.6 Å². The van der Waals surface area contributed by atoms with Crippen LogP contribution in [0.15, 0.2) is 31.5 Å². The molecule has 15 heteroatoms. The molecule has 0 radical (unpaired) electrons. The maximum atomic E-state index is 14.4. The van der Waals surface area contributed by atoms with Gasteiger partial charge < -0.3 is 14.5 Å². The summed E-state index contributed by atoms with van der Waals surface area (Å²) >= 11 is 0.854. The average molecular weight is 530 g/mol. The number of fused-ring (bicyclic) bond motifs is 1. The van der Waals surface area contributed by atoms with Crippen molar-refractivity contribution in [3.05, 3.63) is 61.3 Å². The van der Waals surface area contributed by atoms with Crippen LogP contribution < -0.4 is 21.3 Å². The molecule has 1 amide bonds. The first-order chi connectivity index (χ1) is 16.8. The molecule has 4 aromatic rings. The summed E-state index contributed by atoms with van der Waals surface area (Å²) in [7, 11) is 2.70. The van der Waals surface area contributed by atoms with Crippen molar-refractivity contribution in [1.82, 2.24) is 14.1 Å². The summed E-state index contributed by atoms with van der Waals surface area (Å²) in [5, 5.41) is 3.77. The zero-order valence-corrected chi connectivity index (χ0v) is 19.4. The van der Waals surface area contributed by atoms with E-state index in [-0.39, 0.29) is 39.7 Å². The number of aryl methyl sites for hydroxylation is 2. The second-order valence-electron chi connectivity index (χ2n) is 7.57. The molecule has 1 N–H and O–H groups in total. The number of ether oxygens (including phenoxy) is 1. The highest BCUT2D eigenvalue weighted by molar-refractivity contribution is 7.14. The molecule has 0 fully saturated rings. The zero-order valence-electron chi connectivity index (χ0n) is 18.6. The van der Waals surface area contributed by atoms with Crippen molar-refractivity contribution in [2.24, 2.45) is 14.1 Å². The fraction of sp³-hybridized carbons (Fsp3) is 0.238. The maximum Gasteiger partial charge on any atom is 0.573 e. The minimum absolute atomic E-state index is 0.00962. The molecule has 0 aliphatic carbocycles. The second kappa shape index (κ2) is 8.89. The van der Waals surface area contributed by atoms with Crippen LogP contribution in [0.1, 0.15) is 11.3 Å². The van der Waals surface area contributed by atoms with Crippen molar-refractivity contribution in [2.45, 2.75) is 19.7 Å². The van der Waals surface area contributed by atoms with Crippen molar-refractivity contribution in [2.75, 3.05) is 5.32 Å². The molecule has 1 aromatic carbocycles. The number of anilines is 1. The maximum absolute atomic E-state index is 14.4. The van der Waals surface area contributed by atoms with Gasteiger partial charge in [0.05, 0.1) is 12.1 Å². The van der Waals surface area contributed by atoms with Gasteiger partial charge in [-0.15, -0.1) is 24.5 Å². The van der Waals surface area contributed by atoms with Gasteiger partial charge in [0.25, 0.3) is 5.56 Å². The summed E-state index contributed by atoms with van der Waals surface area (Å²) in [6.45, 7) is 1.53. The predicted octanol–water partition coefficient (Wildman–Crippen LogP) is 3.62. The lowest BCUT2D eigenvalue weighted by atomic mass is 10.1. The van der Waals surface area contributed by atoms with Gasteiger partial charge in [0, 0.05) is 30.6 Å². The van der Waals surface area contributed by atoms with Crippen LogP contribution in [0.5, 0.6) is 5.75 Å². The molecule has 4 rings (SSSR count). The van der Waals surface area contributed by atoms with Crippen molar-refractivity contribution >= 4 is 33.5 Å². The molecule has 0 spiro atoms. The Morgan fingerprint density at radius 3 is 2.53 bits per heavy atom. The van der Waals surface area contributed by atoms with Crippen molar-refractivity contribution in [3.8, 4) is 17.0 Å². The number of rotatable bonds is 5. The van der Waals surface area contributed by atoms with Gasteiger partial charge in [-0.25, -0.2) is 14.2 Å². The van der Waals surface area contributed by atoms with Gasteiger partial charge in [-0.2, -0.15) is 4.39 Å². The van der Waals surface area contributed by atoms with Gasteiger partial charge in [-0.1, -0.05) is 0 Å². The molecule has 190 valence electrons. The van der Waals surface area contributed by atoms with Crippen LogP contribution in [-0.4, -0.2) is 26.4 Å². The number of benzene rings is 1. The van der Waals surface area contributed by atoms with E-state index in [0.717, 1.165) is 26.5 Å². The Morgan fingerprint density at radius 1 is 1.17 bits per heavy atom. The Balaban J connectivity index is 1.58. The molecule has 0 saturated heterocycles. The minimum Gasteiger partial charge on any atom is -0.444 e. The Bertz CT molecular complexity index is 1630. The molecule has 0 unspecified atom stereocenters. The van der Waals surface area contributed by atoms with E-state index in [2.05, 4.69) is 15.0 Å². The van der Waals surface area contributed by atoms with Crippen LogP contribution in [0.25, 0.3) is 22.4 Å². The van der Waals surface area contributed by atoms with Gasteiger partial charge in [0.2, 0.25) is 17.4 Å². The smallest absolute Gasteiger partial charge is 0.444 e. The van der Waals surface area contributed by atoms with Gasteiger partial charge in [0.1, 0.15) is 11.1 Å². The van der Waals surface area contributed by atoms with E-state index in [1.165, 1.54) is 26.4 Å². The van der Waals surface area contributed by atoms with Gasteiger partial charge in [-0.05, 0) is 19.1 Å². The van der Waals surface area contributed by atoms with Crippen molar-refractivity contribution in [3.63, 3.8) is 0 Å². The number of thiazole rings is 1. The fourth-order valence-electron chi connectivity index (χ4n) is 3.51. The lowest BCUT2D eigenvalue weighted by molar-refractivity contribution is -0.275. The van der Waals surface area contributed by atoms with Crippen LogP contribution >= 0.6 is 11.3 Å². The van der Waals surface area contributed by atoms with Crippen molar-refractivity contribution in [1.29, 1.82) is 0 Å². The number of aromatic nitrogens is 3. The number of carbonyl (C=O) groups excluding carboxylic acids is 1. The van der Waals surface area contributed by atoms with E-state index in [4.69, 9.17) is 4.42 Å². The second-order valence-corrected chi connectivity index (χ2v) is 8.43. The van der Waals surface area contributed by atoms with Gasteiger partial charge in [0.15, 0.2) is 16.7 Å². The molecule has 3 aromatic heterocycles. The molecular weight excluding hydrogens is 515 g/mol. The number of hydrogen-bond donors (Lipinski definition) is 1. The Morgan fingerprint density at radius 2 is 1.86 bits per heavy atom. The summed E-state index contributed by atoms with van der Waals surface area (Å²) < 4.78 is 76.4. The number of halogens is 5. The monoisotopic (exact) mass is 530 g/mol. The van der Waals surface area contributed by atoms with Crippen LogP contribution in [0.3, 0.4) is 0 Å². The largest absolute Gasteiger partial charge is 0.573 e. The minimum atomic E-state index is -5.20. The predicted molar refractivity (Wildman–Crippen MR) is 118 cm³/mol. The first kappa shape index (κ1) is 25.1. The summed E-state index contributed by atoms with van der Waals surface area (Å²) in [5.41, 5.74) is -1.56. The topological polar surface area (TPSA) is 108 Å². The molecule has 3 heterocycles. The number of hydrogen-bond acceptors (Lipinski definition) is 7. The Hall–Kier alpha value is -4.01. The standard InChI is InChI=1S/C21H15F5N4O5S/c1-8-10(14-17(32)29(2)20(33)30(3)18(14)34-8)6-13(31)28-19-27-11(7-36-19)9-4-5-12(16(23)15(9)22)35-21(24,25)26/h4-5,7H,6H2,1-3H3,(H,27,28,31). The van der Waals surface area contributed by atoms with Crippen molar-refractivity contribution < 1.29 is 35.9 Å². The lowest BCUT2D eigenvalue weighted by Crippen LogP contribution is -2.36. The first-order valence-corrected chi connectivity index (χ1v) is 10.8. The quantitative estimate of drug-likeness (QED) is 0.395.